The van der Waals surface area contributed by atoms with E-state index in [0.717, 1.165) is 12.0 Å². The van der Waals surface area contributed by atoms with Crippen molar-refractivity contribution >= 4 is 16.1 Å². The number of nitrogens with zero attached hydrogens (tertiary/aromatic N) is 1. The van der Waals surface area contributed by atoms with Crippen LogP contribution in [0.4, 0.5) is 4.79 Å². The molecule has 1 rings (SSSR count). The lowest BCUT2D eigenvalue weighted by molar-refractivity contribution is 0.240. The zero-order valence-electron chi connectivity index (χ0n) is 12.7. The number of hydrogen-bond donors (Lipinski definition) is 2. The summed E-state index contributed by atoms with van der Waals surface area (Å²) in [6, 6.07) is 6.41. The van der Waals surface area contributed by atoms with Crippen LogP contribution < -0.4 is 10.6 Å². The first-order chi connectivity index (χ1) is 9.87. The molecule has 21 heavy (non-hydrogen) atoms. The maximum absolute atomic E-state index is 12.3. The Morgan fingerprint density at radius 1 is 1.14 bits per heavy atom. The molecule has 0 saturated heterocycles. The summed E-state index contributed by atoms with van der Waals surface area (Å²) in [5.74, 6) is 0. The van der Waals surface area contributed by atoms with Crippen molar-refractivity contribution < 1.29 is 13.2 Å². The molecule has 0 aromatic heterocycles. The van der Waals surface area contributed by atoms with Gasteiger partial charge in [0.2, 0.25) is 10.0 Å². The van der Waals surface area contributed by atoms with E-state index in [0.29, 0.717) is 6.54 Å². The van der Waals surface area contributed by atoms with Crippen molar-refractivity contribution in [3.05, 3.63) is 29.8 Å². The molecule has 0 aliphatic heterocycles. The van der Waals surface area contributed by atoms with Crippen molar-refractivity contribution in [1.82, 2.24) is 14.9 Å². The summed E-state index contributed by atoms with van der Waals surface area (Å²) in [7, 11) is -2.01. The molecule has 0 fully saturated rings. The number of carbonyl (C=O) groups excluding carboxylic acids is 1. The molecule has 0 spiro atoms. The van der Waals surface area contributed by atoms with Crippen molar-refractivity contribution in [2.45, 2.75) is 25.2 Å². The third-order valence-electron chi connectivity index (χ3n) is 2.98. The van der Waals surface area contributed by atoms with E-state index in [4.69, 9.17) is 0 Å². The van der Waals surface area contributed by atoms with Crippen LogP contribution in [0, 0.1) is 6.92 Å². The third kappa shape index (κ3) is 5.35. The van der Waals surface area contributed by atoms with Crippen LogP contribution in [-0.2, 0) is 10.0 Å². The molecule has 0 heterocycles. The molecule has 2 N–H and O–H groups in total. The van der Waals surface area contributed by atoms with Gasteiger partial charge >= 0.3 is 6.03 Å². The Balaban J connectivity index is 2.52. The van der Waals surface area contributed by atoms with Crippen LogP contribution in [0.5, 0.6) is 0 Å². The molecule has 0 unspecified atom stereocenters. The van der Waals surface area contributed by atoms with Gasteiger partial charge in [-0.2, -0.15) is 4.31 Å². The van der Waals surface area contributed by atoms with Crippen LogP contribution in [0.15, 0.2) is 29.2 Å². The number of sulfonamides is 1. The van der Waals surface area contributed by atoms with Gasteiger partial charge in [-0.05, 0) is 25.5 Å². The highest BCUT2D eigenvalue weighted by Gasteiger charge is 2.20. The summed E-state index contributed by atoms with van der Waals surface area (Å²) in [6.45, 7) is 4.94. The Kier molecular flexibility index (Phi) is 6.64. The maximum Gasteiger partial charge on any atom is 0.314 e. The second-order valence-corrected chi connectivity index (χ2v) is 6.87. The van der Waals surface area contributed by atoms with Crippen LogP contribution in [0.2, 0.25) is 0 Å². The van der Waals surface area contributed by atoms with Crippen LogP contribution >= 0.6 is 0 Å². The molecule has 1 aromatic rings. The lowest BCUT2D eigenvalue weighted by Crippen LogP contribution is -2.41. The fraction of sp³-hybridized carbons (Fsp3) is 0.500. The lowest BCUT2D eigenvalue weighted by atomic mass is 10.2. The summed E-state index contributed by atoms with van der Waals surface area (Å²) in [6.07, 6.45) is 0.856. The molecule has 0 aliphatic rings. The summed E-state index contributed by atoms with van der Waals surface area (Å²) < 4.78 is 25.8. The standard InChI is InChI=1S/C14H23N3O3S/c1-4-9-15-14(18)16-10-11-17(3)21(19,20)13-7-5-12(2)6-8-13/h5-8H,4,9-11H2,1-3H3,(H2,15,16,18). The highest BCUT2D eigenvalue weighted by Crippen LogP contribution is 2.14. The Morgan fingerprint density at radius 2 is 1.71 bits per heavy atom. The van der Waals surface area contributed by atoms with Crippen molar-refractivity contribution in [2.24, 2.45) is 0 Å². The quantitative estimate of drug-likeness (QED) is 0.797. The number of benzene rings is 1. The van der Waals surface area contributed by atoms with Gasteiger partial charge in [0.15, 0.2) is 0 Å². The minimum absolute atomic E-state index is 0.218. The normalized spacial score (nSPS) is 11.4. The van der Waals surface area contributed by atoms with E-state index in [1.54, 1.807) is 24.3 Å². The van der Waals surface area contributed by atoms with Crippen molar-refractivity contribution in [3.8, 4) is 0 Å². The smallest absolute Gasteiger partial charge is 0.314 e. The Labute approximate surface area is 126 Å². The topological polar surface area (TPSA) is 78.5 Å². The first-order valence-corrected chi connectivity index (χ1v) is 8.36. The highest BCUT2D eigenvalue weighted by molar-refractivity contribution is 7.89. The van der Waals surface area contributed by atoms with Gasteiger partial charge in [0.1, 0.15) is 0 Å². The van der Waals surface area contributed by atoms with Gasteiger partial charge in [-0.3, -0.25) is 0 Å². The number of carbonyl (C=O) groups is 1. The van der Waals surface area contributed by atoms with E-state index in [1.807, 2.05) is 13.8 Å². The van der Waals surface area contributed by atoms with Gasteiger partial charge in [0, 0.05) is 26.7 Å². The van der Waals surface area contributed by atoms with Crippen molar-refractivity contribution in [2.75, 3.05) is 26.7 Å². The molecule has 0 bridgehead atoms. The third-order valence-corrected chi connectivity index (χ3v) is 4.85. The summed E-state index contributed by atoms with van der Waals surface area (Å²) in [5.41, 5.74) is 1.01. The van der Waals surface area contributed by atoms with Gasteiger partial charge in [-0.1, -0.05) is 24.6 Å². The number of nitrogens with one attached hydrogen (secondary N) is 2. The molecule has 7 heteroatoms. The number of amides is 2. The molecule has 2 amide bonds. The summed E-state index contributed by atoms with van der Waals surface area (Å²) >= 11 is 0. The zero-order valence-corrected chi connectivity index (χ0v) is 13.5. The van der Waals surface area contributed by atoms with Crippen LogP contribution in [0.3, 0.4) is 0 Å². The Bertz CT molecular complexity index is 555. The van der Waals surface area contributed by atoms with Crippen LogP contribution in [0.25, 0.3) is 0 Å². The largest absolute Gasteiger partial charge is 0.338 e. The number of likely N-dealkylation sites (N-methyl/N-ethyl adjacent to an activating group) is 1. The molecule has 1 aromatic carbocycles. The van der Waals surface area contributed by atoms with Gasteiger partial charge in [0.05, 0.1) is 4.90 Å². The van der Waals surface area contributed by atoms with Gasteiger partial charge in [0.25, 0.3) is 0 Å². The first-order valence-electron chi connectivity index (χ1n) is 6.92. The minimum Gasteiger partial charge on any atom is -0.338 e. The average Bonchev–Trinajstić information content (AvgIpc) is 2.45. The predicted molar refractivity (Wildman–Crippen MR) is 82.7 cm³/mol. The number of hydrogen-bond acceptors (Lipinski definition) is 3. The van der Waals surface area contributed by atoms with Gasteiger partial charge < -0.3 is 10.6 Å². The Hall–Kier alpha value is -1.60. The fourth-order valence-electron chi connectivity index (χ4n) is 1.64. The molecule has 0 radical (unpaired) electrons. The van der Waals surface area contributed by atoms with E-state index in [9.17, 15) is 13.2 Å². The SMILES string of the molecule is CCCNC(=O)NCCN(C)S(=O)(=O)c1ccc(C)cc1. The monoisotopic (exact) mass is 313 g/mol. The van der Waals surface area contributed by atoms with Crippen molar-refractivity contribution in [1.29, 1.82) is 0 Å². The maximum atomic E-state index is 12.3. The summed E-state index contributed by atoms with van der Waals surface area (Å²) in [4.78, 5) is 11.6. The molecular formula is C14H23N3O3S. The predicted octanol–water partition coefficient (Wildman–Crippen LogP) is 1.32. The van der Waals surface area contributed by atoms with E-state index in [2.05, 4.69) is 10.6 Å². The number of rotatable bonds is 7. The van der Waals surface area contributed by atoms with Gasteiger partial charge in [-0.15, -0.1) is 0 Å². The Morgan fingerprint density at radius 3 is 2.29 bits per heavy atom. The van der Waals surface area contributed by atoms with Crippen LogP contribution in [-0.4, -0.2) is 45.4 Å². The molecule has 0 saturated carbocycles. The minimum atomic E-state index is -3.51. The fourth-order valence-corrected chi connectivity index (χ4v) is 2.81. The number of aryl methyl sites for hydroxylation is 1. The molecule has 0 aliphatic carbocycles. The molecule has 0 atom stereocenters. The zero-order chi connectivity index (χ0) is 15.9. The lowest BCUT2D eigenvalue weighted by Gasteiger charge is -2.17. The second kappa shape index (κ2) is 7.99. The van der Waals surface area contributed by atoms with E-state index >= 15 is 0 Å². The van der Waals surface area contributed by atoms with E-state index < -0.39 is 10.0 Å². The molecule has 6 nitrogen and oxygen atoms in total. The average molecular weight is 313 g/mol. The molecular weight excluding hydrogens is 290 g/mol. The van der Waals surface area contributed by atoms with E-state index in [-0.39, 0.29) is 24.0 Å². The van der Waals surface area contributed by atoms with Crippen LogP contribution in [0.1, 0.15) is 18.9 Å². The molecule has 118 valence electrons. The summed E-state index contributed by atoms with van der Waals surface area (Å²) in [5, 5.41) is 5.29. The highest BCUT2D eigenvalue weighted by atomic mass is 32.2. The second-order valence-electron chi connectivity index (χ2n) is 4.82. The number of urea groups is 1. The first kappa shape index (κ1) is 17.5. The van der Waals surface area contributed by atoms with Gasteiger partial charge in [-0.25, -0.2) is 13.2 Å². The van der Waals surface area contributed by atoms with E-state index in [1.165, 1.54) is 11.4 Å². The van der Waals surface area contributed by atoms with Crippen molar-refractivity contribution in [3.63, 3.8) is 0 Å².